The Hall–Kier alpha value is -1.45. The van der Waals surface area contributed by atoms with Crippen molar-refractivity contribution in [2.75, 3.05) is 4.72 Å². The molecule has 110 valence electrons. The maximum absolute atomic E-state index is 12.2. The number of halogens is 2. The van der Waals surface area contributed by atoms with Gasteiger partial charge in [0.2, 0.25) is 0 Å². The molecule has 2 aromatic rings. The highest BCUT2D eigenvalue weighted by molar-refractivity contribution is 9.10. The number of nitro groups is 1. The standard InChI is InChI=1S/C12H8Br2N2O4S/c13-8-1-4-10(5-2-8)21(19,20)15-11-6-3-9(14)7-12(11)16(17)18/h1-7,15H. The summed E-state index contributed by atoms with van der Waals surface area (Å²) in [5.41, 5.74) is -0.420. The predicted octanol–water partition coefficient (Wildman–Crippen LogP) is 3.92. The van der Waals surface area contributed by atoms with Crippen LogP contribution in [0, 0.1) is 10.1 Å². The molecular formula is C12H8Br2N2O4S. The van der Waals surface area contributed by atoms with E-state index in [9.17, 15) is 18.5 Å². The molecule has 9 heteroatoms. The van der Waals surface area contributed by atoms with Gasteiger partial charge in [0, 0.05) is 15.0 Å². The van der Waals surface area contributed by atoms with Crippen molar-refractivity contribution in [3.05, 3.63) is 61.5 Å². The second kappa shape index (κ2) is 6.12. The fourth-order valence-corrected chi connectivity index (χ4v) is 3.25. The second-order valence-electron chi connectivity index (χ2n) is 3.98. The van der Waals surface area contributed by atoms with Crippen molar-refractivity contribution in [3.8, 4) is 0 Å². The van der Waals surface area contributed by atoms with Gasteiger partial charge in [-0.25, -0.2) is 8.42 Å². The highest BCUT2D eigenvalue weighted by Crippen LogP contribution is 2.30. The second-order valence-corrected chi connectivity index (χ2v) is 7.49. The van der Waals surface area contributed by atoms with Crippen LogP contribution in [-0.2, 0) is 10.0 Å². The first-order chi connectivity index (χ1) is 9.79. The van der Waals surface area contributed by atoms with E-state index in [0.717, 1.165) is 4.47 Å². The van der Waals surface area contributed by atoms with Crippen LogP contribution in [0.3, 0.4) is 0 Å². The van der Waals surface area contributed by atoms with Crippen LogP contribution in [0.1, 0.15) is 0 Å². The van der Waals surface area contributed by atoms with Crippen molar-refractivity contribution < 1.29 is 13.3 Å². The molecule has 0 saturated heterocycles. The van der Waals surface area contributed by atoms with Crippen LogP contribution in [0.2, 0.25) is 0 Å². The van der Waals surface area contributed by atoms with Crippen LogP contribution in [-0.4, -0.2) is 13.3 Å². The van der Waals surface area contributed by atoms with Gasteiger partial charge in [-0.2, -0.15) is 0 Å². The van der Waals surface area contributed by atoms with Gasteiger partial charge in [-0.1, -0.05) is 31.9 Å². The minimum Gasteiger partial charge on any atom is -0.273 e. The summed E-state index contributed by atoms with van der Waals surface area (Å²) >= 11 is 6.32. The Labute approximate surface area is 137 Å². The van der Waals surface area contributed by atoms with Crippen molar-refractivity contribution in [2.45, 2.75) is 4.90 Å². The Bertz CT molecular complexity index is 791. The van der Waals surface area contributed by atoms with E-state index in [-0.39, 0.29) is 16.3 Å². The summed E-state index contributed by atoms with van der Waals surface area (Å²) in [6.07, 6.45) is 0. The van der Waals surface area contributed by atoms with Gasteiger partial charge < -0.3 is 0 Å². The van der Waals surface area contributed by atoms with Crippen LogP contribution >= 0.6 is 31.9 Å². The molecule has 2 aromatic carbocycles. The third-order valence-corrected chi connectivity index (χ3v) is 4.93. The molecule has 0 aliphatic carbocycles. The highest BCUT2D eigenvalue weighted by Gasteiger charge is 2.21. The smallest absolute Gasteiger partial charge is 0.273 e. The molecule has 0 aromatic heterocycles. The summed E-state index contributed by atoms with van der Waals surface area (Å²) in [4.78, 5) is 10.4. The van der Waals surface area contributed by atoms with Crippen LogP contribution in [0.5, 0.6) is 0 Å². The van der Waals surface area contributed by atoms with Gasteiger partial charge in [0.25, 0.3) is 15.7 Å². The van der Waals surface area contributed by atoms with E-state index in [4.69, 9.17) is 0 Å². The molecule has 1 N–H and O–H groups in total. The average Bonchev–Trinajstić information content (AvgIpc) is 2.41. The monoisotopic (exact) mass is 434 g/mol. The molecule has 0 unspecified atom stereocenters. The molecule has 0 saturated carbocycles. The Kier molecular flexibility index (Phi) is 4.64. The summed E-state index contributed by atoms with van der Waals surface area (Å²) in [7, 11) is -3.89. The molecule has 0 spiro atoms. The zero-order valence-electron chi connectivity index (χ0n) is 10.3. The van der Waals surface area contributed by atoms with E-state index < -0.39 is 14.9 Å². The minimum absolute atomic E-state index is 0.0166. The third kappa shape index (κ3) is 3.80. The van der Waals surface area contributed by atoms with Gasteiger partial charge in [-0.15, -0.1) is 0 Å². The average molecular weight is 436 g/mol. The fourth-order valence-electron chi connectivity index (χ4n) is 1.56. The molecule has 0 aliphatic heterocycles. The number of sulfonamides is 1. The van der Waals surface area contributed by atoms with Crippen molar-refractivity contribution in [1.29, 1.82) is 0 Å². The maximum atomic E-state index is 12.2. The molecule has 0 heterocycles. The van der Waals surface area contributed by atoms with Crippen molar-refractivity contribution >= 4 is 53.3 Å². The number of nitrogens with one attached hydrogen (secondary N) is 1. The molecule has 0 aliphatic rings. The topological polar surface area (TPSA) is 89.3 Å². The fraction of sp³-hybridized carbons (Fsp3) is 0. The lowest BCUT2D eigenvalue weighted by molar-refractivity contribution is -0.384. The normalized spacial score (nSPS) is 11.1. The SMILES string of the molecule is O=[N+]([O-])c1cc(Br)ccc1NS(=O)(=O)c1ccc(Br)cc1. The van der Waals surface area contributed by atoms with Crippen LogP contribution < -0.4 is 4.72 Å². The summed E-state index contributed by atoms with van der Waals surface area (Å²) in [6, 6.07) is 10.0. The van der Waals surface area contributed by atoms with E-state index in [0.29, 0.717) is 4.47 Å². The predicted molar refractivity (Wildman–Crippen MR) is 85.7 cm³/mol. The van der Waals surface area contributed by atoms with Crippen LogP contribution in [0.4, 0.5) is 11.4 Å². The molecule has 2 rings (SSSR count). The first-order valence-electron chi connectivity index (χ1n) is 5.52. The molecule has 0 amide bonds. The minimum atomic E-state index is -3.89. The molecular weight excluding hydrogens is 428 g/mol. The number of hydrogen-bond acceptors (Lipinski definition) is 4. The third-order valence-electron chi connectivity index (χ3n) is 2.52. The zero-order valence-corrected chi connectivity index (χ0v) is 14.3. The van der Waals surface area contributed by atoms with Crippen LogP contribution in [0.25, 0.3) is 0 Å². The molecule has 0 radical (unpaired) electrons. The van der Waals surface area contributed by atoms with Gasteiger partial charge in [-0.05, 0) is 36.4 Å². The van der Waals surface area contributed by atoms with E-state index in [2.05, 4.69) is 36.6 Å². The number of nitrogens with zero attached hydrogens (tertiary/aromatic N) is 1. The maximum Gasteiger partial charge on any atom is 0.294 e. The summed E-state index contributed by atoms with van der Waals surface area (Å²) in [6.45, 7) is 0. The summed E-state index contributed by atoms with van der Waals surface area (Å²) < 4.78 is 27.9. The lowest BCUT2D eigenvalue weighted by Gasteiger charge is -2.09. The first kappa shape index (κ1) is 15.9. The largest absolute Gasteiger partial charge is 0.294 e. The van der Waals surface area contributed by atoms with Gasteiger partial charge in [0.05, 0.1) is 9.82 Å². The van der Waals surface area contributed by atoms with Gasteiger partial charge >= 0.3 is 0 Å². The Morgan fingerprint density at radius 2 is 1.57 bits per heavy atom. The highest BCUT2D eigenvalue weighted by atomic mass is 79.9. The zero-order chi connectivity index (χ0) is 15.6. The lowest BCUT2D eigenvalue weighted by atomic mass is 10.3. The van der Waals surface area contributed by atoms with Gasteiger partial charge in [0.1, 0.15) is 5.69 Å². The van der Waals surface area contributed by atoms with Gasteiger partial charge in [0.15, 0.2) is 0 Å². The Balaban J connectivity index is 2.41. The molecule has 21 heavy (non-hydrogen) atoms. The number of nitro benzene ring substituents is 1. The molecule has 0 atom stereocenters. The lowest BCUT2D eigenvalue weighted by Crippen LogP contribution is -2.14. The van der Waals surface area contributed by atoms with Crippen molar-refractivity contribution in [3.63, 3.8) is 0 Å². The van der Waals surface area contributed by atoms with E-state index in [1.165, 1.54) is 30.3 Å². The summed E-state index contributed by atoms with van der Waals surface area (Å²) in [5, 5.41) is 11.0. The quantitative estimate of drug-likeness (QED) is 0.582. The Morgan fingerprint density at radius 1 is 1.00 bits per heavy atom. The first-order valence-corrected chi connectivity index (χ1v) is 8.59. The molecule has 6 nitrogen and oxygen atoms in total. The number of hydrogen-bond donors (Lipinski definition) is 1. The number of rotatable bonds is 4. The summed E-state index contributed by atoms with van der Waals surface area (Å²) in [5.74, 6) is 0. The van der Waals surface area contributed by atoms with E-state index in [1.54, 1.807) is 12.1 Å². The van der Waals surface area contributed by atoms with E-state index >= 15 is 0 Å². The number of anilines is 1. The van der Waals surface area contributed by atoms with Crippen molar-refractivity contribution in [2.24, 2.45) is 0 Å². The van der Waals surface area contributed by atoms with E-state index in [1.807, 2.05) is 0 Å². The van der Waals surface area contributed by atoms with Crippen molar-refractivity contribution in [1.82, 2.24) is 0 Å². The Morgan fingerprint density at radius 3 is 2.14 bits per heavy atom. The van der Waals surface area contributed by atoms with Crippen LogP contribution in [0.15, 0.2) is 56.3 Å². The molecule has 0 bridgehead atoms. The van der Waals surface area contributed by atoms with Gasteiger partial charge in [-0.3, -0.25) is 14.8 Å². The molecule has 0 fully saturated rings. The number of benzene rings is 2.